The molecule has 1 aliphatic heterocycles. The SMILES string of the molecule is O=C([O-])c1ccccc1C(=O)Nc1ccc(S(=O)(=O)N2CCCCC2)cc1. The first kappa shape index (κ1) is 19.1. The Hall–Kier alpha value is -2.71. The van der Waals surface area contributed by atoms with Crippen LogP contribution in [-0.4, -0.2) is 37.7 Å². The van der Waals surface area contributed by atoms with Crippen molar-refractivity contribution in [3.05, 3.63) is 59.7 Å². The van der Waals surface area contributed by atoms with Crippen molar-refractivity contribution in [1.82, 2.24) is 4.31 Å². The maximum atomic E-state index is 12.6. The average molecular weight is 387 g/mol. The summed E-state index contributed by atoms with van der Waals surface area (Å²) in [5.74, 6) is -2.05. The summed E-state index contributed by atoms with van der Waals surface area (Å²) in [6, 6.07) is 11.6. The fourth-order valence-electron chi connectivity index (χ4n) is 3.02. The lowest BCUT2D eigenvalue weighted by molar-refractivity contribution is -0.255. The fraction of sp³-hybridized carbons (Fsp3) is 0.263. The number of carboxylic acid groups (broad SMARTS) is 1. The number of aromatic carboxylic acids is 1. The third-order valence-electron chi connectivity index (χ3n) is 4.46. The number of rotatable bonds is 5. The first-order valence-electron chi connectivity index (χ1n) is 8.61. The third-order valence-corrected chi connectivity index (χ3v) is 6.37. The van der Waals surface area contributed by atoms with Gasteiger partial charge >= 0.3 is 0 Å². The Morgan fingerprint density at radius 2 is 1.48 bits per heavy atom. The molecule has 0 spiro atoms. The number of nitrogens with one attached hydrogen (secondary N) is 1. The number of piperidine rings is 1. The molecule has 142 valence electrons. The highest BCUT2D eigenvalue weighted by atomic mass is 32.2. The van der Waals surface area contributed by atoms with Gasteiger partial charge in [0, 0.05) is 29.9 Å². The van der Waals surface area contributed by atoms with Gasteiger partial charge in [0.2, 0.25) is 10.0 Å². The highest BCUT2D eigenvalue weighted by molar-refractivity contribution is 7.89. The Labute approximate surface area is 157 Å². The summed E-state index contributed by atoms with van der Waals surface area (Å²) in [6.07, 6.45) is 2.74. The zero-order valence-corrected chi connectivity index (χ0v) is 15.4. The van der Waals surface area contributed by atoms with Gasteiger partial charge in [-0.1, -0.05) is 24.6 Å². The summed E-state index contributed by atoms with van der Waals surface area (Å²) in [5.41, 5.74) is 0.132. The van der Waals surface area contributed by atoms with Gasteiger partial charge in [-0.25, -0.2) is 8.42 Å². The Morgan fingerprint density at radius 3 is 2.07 bits per heavy atom. The molecule has 0 saturated carbocycles. The van der Waals surface area contributed by atoms with Gasteiger partial charge in [0.1, 0.15) is 0 Å². The van der Waals surface area contributed by atoms with Crippen LogP contribution < -0.4 is 10.4 Å². The van der Waals surface area contributed by atoms with E-state index in [9.17, 15) is 23.1 Å². The lowest BCUT2D eigenvalue weighted by atomic mass is 10.1. The van der Waals surface area contributed by atoms with Gasteiger partial charge in [0.25, 0.3) is 5.91 Å². The molecule has 27 heavy (non-hydrogen) atoms. The summed E-state index contributed by atoms with van der Waals surface area (Å²) in [7, 11) is -3.54. The van der Waals surface area contributed by atoms with E-state index in [2.05, 4.69) is 5.32 Å². The molecule has 0 bridgehead atoms. The average Bonchev–Trinajstić information content (AvgIpc) is 2.69. The lowest BCUT2D eigenvalue weighted by Crippen LogP contribution is -2.35. The van der Waals surface area contributed by atoms with E-state index in [1.165, 1.54) is 46.8 Å². The molecular weight excluding hydrogens is 368 g/mol. The maximum Gasteiger partial charge on any atom is 0.256 e. The van der Waals surface area contributed by atoms with Crippen LogP contribution in [-0.2, 0) is 10.0 Å². The molecule has 1 fully saturated rings. The Balaban J connectivity index is 1.76. The quantitative estimate of drug-likeness (QED) is 0.836. The minimum absolute atomic E-state index is 0.0254. The summed E-state index contributed by atoms with van der Waals surface area (Å²) in [4.78, 5) is 23.6. The van der Waals surface area contributed by atoms with E-state index in [1.54, 1.807) is 6.07 Å². The highest BCUT2D eigenvalue weighted by Gasteiger charge is 2.25. The van der Waals surface area contributed by atoms with E-state index in [0.717, 1.165) is 19.3 Å². The minimum atomic E-state index is -3.54. The molecule has 1 amide bonds. The fourth-order valence-corrected chi connectivity index (χ4v) is 4.54. The molecule has 1 N–H and O–H groups in total. The second kappa shape index (κ2) is 7.89. The molecule has 1 heterocycles. The van der Waals surface area contributed by atoms with Crippen molar-refractivity contribution >= 4 is 27.6 Å². The van der Waals surface area contributed by atoms with Gasteiger partial charge in [-0.05, 0) is 43.2 Å². The number of nitrogens with zero attached hydrogens (tertiary/aromatic N) is 1. The molecule has 8 heteroatoms. The highest BCUT2D eigenvalue weighted by Crippen LogP contribution is 2.22. The molecule has 2 aromatic rings. The standard InChI is InChI=1S/C19H20N2O5S/c22-18(16-6-2-3-7-17(16)19(23)24)20-14-8-10-15(11-9-14)27(25,26)21-12-4-1-5-13-21/h2-3,6-11H,1,4-5,12-13H2,(H,20,22)(H,23,24)/p-1. The number of anilines is 1. The van der Waals surface area contributed by atoms with E-state index in [0.29, 0.717) is 18.8 Å². The van der Waals surface area contributed by atoms with Gasteiger partial charge in [0.05, 0.1) is 10.9 Å². The van der Waals surface area contributed by atoms with Gasteiger partial charge in [-0.2, -0.15) is 4.31 Å². The van der Waals surface area contributed by atoms with Crippen molar-refractivity contribution in [1.29, 1.82) is 0 Å². The number of hydrogen-bond acceptors (Lipinski definition) is 5. The van der Waals surface area contributed by atoms with Crippen LogP contribution >= 0.6 is 0 Å². The largest absolute Gasteiger partial charge is 0.545 e. The molecule has 7 nitrogen and oxygen atoms in total. The molecular formula is C19H19N2O5S-. The van der Waals surface area contributed by atoms with Crippen LogP contribution in [0.4, 0.5) is 5.69 Å². The van der Waals surface area contributed by atoms with E-state index in [1.807, 2.05) is 0 Å². The summed E-state index contributed by atoms with van der Waals surface area (Å²) >= 11 is 0. The number of sulfonamides is 1. The van der Waals surface area contributed by atoms with E-state index in [4.69, 9.17) is 0 Å². The predicted molar refractivity (Wildman–Crippen MR) is 97.8 cm³/mol. The molecule has 0 radical (unpaired) electrons. The van der Waals surface area contributed by atoms with Gasteiger partial charge in [-0.15, -0.1) is 0 Å². The van der Waals surface area contributed by atoms with Crippen molar-refractivity contribution < 1.29 is 23.1 Å². The molecule has 2 aromatic carbocycles. The van der Waals surface area contributed by atoms with Crippen LogP contribution in [0.5, 0.6) is 0 Å². The smallest absolute Gasteiger partial charge is 0.256 e. The van der Waals surface area contributed by atoms with Crippen molar-refractivity contribution in [2.45, 2.75) is 24.2 Å². The number of carbonyl (C=O) groups excluding carboxylic acids is 2. The number of amides is 1. The first-order valence-corrected chi connectivity index (χ1v) is 10.1. The van der Waals surface area contributed by atoms with Crippen LogP contribution in [0.1, 0.15) is 40.0 Å². The Bertz CT molecular complexity index is 948. The Kier molecular flexibility index (Phi) is 5.57. The van der Waals surface area contributed by atoms with Crippen molar-refractivity contribution in [3.63, 3.8) is 0 Å². The van der Waals surface area contributed by atoms with Crippen molar-refractivity contribution in [3.8, 4) is 0 Å². The monoisotopic (exact) mass is 387 g/mol. The molecule has 1 aliphatic rings. The lowest BCUT2D eigenvalue weighted by Gasteiger charge is -2.25. The van der Waals surface area contributed by atoms with E-state index >= 15 is 0 Å². The summed E-state index contributed by atoms with van der Waals surface area (Å²) < 4.78 is 26.7. The molecule has 0 aromatic heterocycles. The number of benzene rings is 2. The zero-order valence-electron chi connectivity index (χ0n) is 14.6. The van der Waals surface area contributed by atoms with E-state index < -0.39 is 21.9 Å². The van der Waals surface area contributed by atoms with Crippen LogP contribution in [0.15, 0.2) is 53.4 Å². The normalized spacial score (nSPS) is 15.3. The molecule has 0 aliphatic carbocycles. The first-order chi connectivity index (χ1) is 12.9. The van der Waals surface area contributed by atoms with E-state index in [-0.39, 0.29) is 16.0 Å². The topological polar surface area (TPSA) is 107 Å². The predicted octanol–water partition coefficient (Wildman–Crippen LogP) is 1.48. The van der Waals surface area contributed by atoms with Crippen LogP contribution in [0.2, 0.25) is 0 Å². The minimum Gasteiger partial charge on any atom is -0.545 e. The van der Waals surface area contributed by atoms with Gasteiger partial charge in [-0.3, -0.25) is 4.79 Å². The number of hydrogen-bond donors (Lipinski definition) is 1. The van der Waals surface area contributed by atoms with Crippen LogP contribution in [0.25, 0.3) is 0 Å². The van der Waals surface area contributed by atoms with Crippen molar-refractivity contribution in [2.24, 2.45) is 0 Å². The number of carboxylic acids is 1. The molecule has 1 saturated heterocycles. The summed E-state index contributed by atoms with van der Waals surface area (Å²) in [5, 5.41) is 13.7. The summed E-state index contributed by atoms with van der Waals surface area (Å²) in [6.45, 7) is 1.03. The van der Waals surface area contributed by atoms with Crippen molar-refractivity contribution in [2.75, 3.05) is 18.4 Å². The Morgan fingerprint density at radius 1 is 0.889 bits per heavy atom. The zero-order chi connectivity index (χ0) is 19.4. The van der Waals surface area contributed by atoms with Gasteiger partial charge in [0.15, 0.2) is 0 Å². The molecule has 0 unspecified atom stereocenters. The molecule has 3 rings (SSSR count). The second-order valence-corrected chi connectivity index (χ2v) is 8.21. The second-order valence-electron chi connectivity index (χ2n) is 6.28. The third kappa shape index (κ3) is 4.17. The van der Waals surface area contributed by atoms with Crippen LogP contribution in [0.3, 0.4) is 0 Å². The number of carbonyl (C=O) groups is 2. The van der Waals surface area contributed by atoms with Crippen LogP contribution in [0, 0.1) is 0 Å². The van der Waals surface area contributed by atoms with Gasteiger partial charge < -0.3 is 15.2 Å². The maximum absolute atomic E-state index is 12.6. The molecule has 0 atom stereocenters.